The highest BCUT2D eigenvalue weighted by atomic mass is 35.5. The molecule has 0 radical (unpaired) electrons. The lowest BCUT2D eigenvalue weighted by molar-refractivity contribution is -0.124. The summed E-state index contributed by atoms with van der Waals surface area (Å²) in [6.07, 6.45) is 7.23. The van der Waals surface area contributed by atoms with Crippen molar-refractivity contribution in [1.82, 2.24) is 10.2 Å². The largest absolute Gasteiger partial charge is 0.485 e. The summed E-state index contributed by atoms with van der Waals surface area (Å²) in [7, 11) is 0. The number of nitrogens with one attached hydrogen (secondary N) is 1. The molecule has 1 amide bonds. The molecule has 0 bridgehead atoms. The van der Waals surface area contributed by atoms with Crippen LogP contribution >= 0.6 is 23.8 Å². The van der Waals surface area contributed by atoms with E-state index in [4.69, 9.17) is 33.0 Å². The van der Waals surface area contributed by atoms with E-state index >= 15 is 0 Å². The first kappa shape index (κ1) is 20.0. The van der Waals surface area contributed by atoms with Gasteiger partial charge in [-0.3, -0.25) is 9.69 Å². The number of carbonyl (C=O) groups is 1. The Labute approximate surface area is 180 Å². The van der Waals surface area contributed by atoms with E-state index in [9.17, 15) is 4.79 Å². The number of halogens is 1. The van der Waals surface area contributed by atoms with Gasteiger partial charge in [-0.05, 0) is 56.2 Å². The molecule has 5 nitrogen and oxygen atoms in total. The van der Waals surface area contributed by atoms with Crippen LogP contribution in [0.15, 0.2) is 40.4 Å². The van der Waals surface area contributed by atoms with E-state index in [1.165, 1.54) is 6.42 Å². The highest BCUT2D eigenvalue weighted by molar-refractivity contribution is 7.80. The van der Waals surface area contributed by atoms with Gasteiger partial charge < -0.3 is 14.5 Å². The van der Waals surface area contributed by atoms with Crippen molar-refractivity contribution in [2.45, 2.75) is 51.7 Å². The number of amides is 1. The van der Waals surface area contributed by atoms with Crippen molar-refractivity contribution in [3.63, 3.8) is 0 Å². The molecular weight excluding hydrogens is 408 g/mol. The van der Waals surface area contributed by atoms with Crippen molar-refractivity contribution in [3.05, 3.63) is 58.1 Å². The fraction of sp³-hybridized carbons (Fsp3) is 0.364. The van der Waals surface area contributed by atoms with Gasteiger partial charge in [0.25, 0.3) is 5.91 Å². The van der Waals surface area contributed by atoms with E-state index in [1.807, 2.05) is 37.3 Å². The third kappa shape index (κ3) is 4.33. The standard InChI is InChI=1S/C22H23ClN2O3S/c1-14-18(23)8-5-9-20(14)27-13-17-11-10-16(28-17)12-19-21(26)25(22(29)24-19)15-6-3-2-4-7-15/h5,8-12,15H,2-4,6-7,13H2,1H3,(H,24,29)/b19-12+. The van der Waals surface area contributed by atoms with E-state index in [1.54, 1.807) is 11.0 Å². The van der Waals surface area contributed by atoms with Crippen LogP contribution in [0, 0.1) is 6.92 Å². The first-order valence-electron chi connectivity index (χ1n) is 9.86. The van der Waals surface area contributed by atoms with Crippen LogP contribution in [-0.2, 0) is 11.4 Å². The summed E-state index contributed by atoms with van der Waals surface area (Å²) < 4.78 is 11.6. The molecule has 7 heteroatoms. The molecule has 1 saturated heterocycles. The second-order valence-electron chi connectivity index (χ2n) is 7.41. The number of rotatable bonds is 5. The fourth-order valence-corrected chi connectivity index (χ4v) is 4.31. The minimum absolute atomic E-state index is 0.0781. The SMILES string of the molecule is Cc1c(Cl)cccc1OCc1ccc(/C=C2/NC(=S)N(C3CCCCC3)C2=O)o1. The van der Waals surface area contributed by atoms with Gasteiger partial charge in [-0.2, -0.15) is 0 Å². The molecule has 1 saturated carbocycles. The highest BCUT2D eigenvalue weighted by Crippen LogP contribution is 2.28. The van der Waals surface area contributed by atoms with Crippen molar-refractivity contribution in [1.29, 1.82) is 0 Å². The second-order valence-corrected chi connectivity index (χ2v) is 8.20. The molecule has 2 aliphatic rings. The summed E-state index contributed by atoms with van der Waals surface area (Å²) in [4.78, 5) is 14.6. The van der Waals surface area contributed by atoms with Crippen LogP contribution in [0.25, 0.3) is 6.08 Å². The Morgan fingerprint density at radius 3 is 2.86 bits per heavy atom. The molecule has 1 N–H and O–H groups in total. The topological polar surface area (TPSA) is 54.7 Å². The van der Waals surface area contributed by atoms with Crippen LogP contribution < -0.4 is 10.1 Å². The fourth-order valence-electron chi connectivity index (χ4n) is 3.80. The van der Waals surface area contributed by atoms with E-state index in [0.717, 1.165) is 37.0 Å². The first-order valence-corrected chi connectivity index (χ1v) is 10.6. The number of hydrogen-bond acceptors (Lipinski definition) is 4. The number of thiocarbonyl (C=S) groups is 1. The van der Waals surface area contributed by atoms with E-state index in [2.05, 4.69) is 5.32 Å². The van der Waals surface area contributed by atoms with E-state index in [-0.39, 0.29) is 18.6 Å². The predicted molar refractivity (Wildman–Crippen MR) is 117 cm³/mol. The smallest absolute Gasteiger partial charge is 0.276 e. The normalized spacial score (nSPS) is 19.1. The van der Waals surface area contributed by atoms with Crippen LogP contribution in [0.3, 0.4) is 0 Å². The van der Waals surface area contributed by atoms with Crippen LogP contribution in [0.2, 0.25) is 5.02 Å². The van der Waals surface area contributed by atoms with Crippen LogP contribution in [0.4, 0.5) is 0 Å². The monoisotopic (exact) mass is 430 g/mol. The number of benzene rings is 1. The second kappa shape index (κ2) is 8.59. The third-order valence-electron chi connectivity index (χ3n) is 5.41. The molecule has 2 fully saturated rings. The van der Waals surface area contributed by atoms with Gasteiger partial charge >= 0.3 is 0 Å². The molecule has 152 valence electrons. The third-order valence-corrected chi connectivity index (χ3v) is 6.11. The molecule has 4 rings (SSSR count). The summed E-state index contributed by atoms with van der Waals surface area (Å²) in [6.45, 7) is 2.19. The quantitative estimate of drug-likeness (QED) is 0.521. The van der Waals surface area contributed by atoms with Gasteiger partial charge in [0.15, 0.2) is 5.11 Å². The summed E-state index contributed by atoms with van der Waals surface area (Å²) >= 11 is 11.5. The zero-order valence-electron chi connectivity index (χ0n) is 16.2. The average molecular weight is 431 g/mol. The maximum Gasteiger partial charge on any atom is 0.276 e. The van der Waals surface area contributed by atoms with Gasteiger partial charge in [-0.25, -0.2) is 0 Å². The van der Waals surface area contributed by atoms with E-state index in [0.29, 0.717) is 27.4 Å². The highest BCUT2D eigenvalue weighted by Gasteiger charge is 2.36. The van der Waals surface area contributed by atoms with Gasteiger partial charge in [0, 0.05) is 22.7 Å². The van der Waals surface area contributed by atoms with Crippen molar-refractivity contribution in [2.75, 3.05) is 0 Å². The molecule has 1 aromatic heterocycles. The molecule has 1 aliphatic carbocycles. The molecule has 0 unspecified atom stereocenters. The first-order chi connectivity index (χ1) is 14.0. The van der Waals surface area contributed by atoms with Gasteiger partial charge in [0.1, 0.15) is 29.6 Å². The Balaban J connectivity index is 1.43. The van der Waals surface area contributed by atoms with Crippen LogP contribution in [0.5, 0.6) is 5.75 Å². The molecule has 0 spiro atoms. The van der Waals surface area contributed by atoms with Gasteiger partial charge in [-0.1, -0.05) is 36.9 Å². The Bertz CT molecular complexity index is 963. The maximum atomic E-state index is 12.8. The lowest BCUT2D eigenvalue weighted by Gasteiger charge is -2.29. The maximum absolute atomic E-state index is 12.8. The average Bonchev–Trinajstić information content (AvgIpc) is 3.28. The molecule has 1 aliphatic heterocycles. The Morgan fingerprint density at radius 2 is 2.07 bits per heavy atom. The lowest BCUT2D eigenvalue weighted by Crippen LogP contribution is -2.41. The number of nitrogens with zero attached hydrogens (tertiary/aromatic N) is 1. The predicted octanol–water partition coefficient (Wildman–Crippen LogP) is 5.21. The molecule has 29 heavy (non-hydrogen) atoms. The minimum Gasteiger partial charge on any atom is -0.485 e. The van der Waals surface area contributed by atoms with Crippen molar-refractivity contribution < 1.29 is 13.9 Å². The Kier molecular flexibility index (Phi) is 5.92. The number of furan rings is 1. The summed E-state index contributed by atoms with van der Waals surface area (Å²) in [5, 5.41) is 4.19. The van der Waals surface area contributed by atoms with Gasteiger partial charge in [0.2, 0.25) is 0 Å². The zero-order chi connectivity index (χ0) is 20.4. The summed E-state index contributed by atoms with van der Waals surface area (Å²) in [5.74, 6) is 1.88. The summed E-state index contributed by atoms with van der Waals surface area (Å²) in [5.41, 5.74) is 1.34. The molecule has 0 atom stereocenters. The van der Waals surface area contributed by atoms with Crippen molar-refractivity contribution >= 4 is 40.9 Å². The Hall–Kier alpha value is -2.31. The zero-order valence-corrected chi connectivity index (χ0v) is 17.8. The van der Waals surface area contributed by atoms with E-state index < -0.39 is 0 Å². The molecule has 2 aromatic rings. The minimum atomic E-state index is -0.0781. The number of carbonyl (C=O) groups excluding carboxylic acids is 1. The molecular formula is C22H23ClN2O3S. The lowest BCUT2D eigenvalue weighted by atomic mass is 9.94. The molecule has 2 heterocycles. The summed E-state index contributed by atoms with van der Waals surface area (Å²) in [6, 6.07) is 9.40. The van der Waals surface area contributed by atoms with Gasteiger partial charge in [-0.15, -0.1) is 0 Å². The van der Waals surface area contributed by atoms with Crippen molar-refractivity contribution in [2.24, 2.45) is 0 Å². The van der Waals surface area contributed by atoms with Gasteiger partial charge in [0.05, 0.1) is 0 Å². The number of ether oxygens (including phenoxy) is 1. The van der Waals surface area contributed by atoms with Crippen LogP contribution in [0.1, 0.15) is 49.2 Å². The van der Waals surface area contributed by atoms with Crippen LogP contribution in [-0.4, -0.2) is 22.0 Å². The van der Waals surface area contributed by atoms with Crippen molar-refractivity contribution in [3.8, 4) is 5.75 Å². The number of hydrogen-bond donors (Lipinski definition) is 1. The molecule has 1 aromatic carbocycles. The Morgan fingerprint density at radius 1 is 1.28 bits per heavy atom.